The van der Waals surface area contributed by atoms with Crippen LogP contribution in [-0.4, -0.2) is 14.5 Å². The van der Waals surface area contributed by atoms with Crippen LogP contribution in [0, 0.1) is 0 Å². The van der Waals surface area contributed by atoms with E-state index >= 15 is 0 Å². The number of hydrogen-bond acceptors (Lipinski definition) is 2. The van der Waals surface area contributed by atoms with Gasteiger partial charge in [-0.2, -0.15) is 4.98 Å². The molecule has 0 bridgehead atoms. The van der Waals surface area contributed by atoms with Crippen LogP contribution < -0.4 is 0 Å². The predicted molar refractivity (Wildman–Crippen MR) is 93.5 cm³/mol. The molecule has 0 amide bonds. The van der Waals surface area contributed by atoms with E-state index in [-0.39, 0.29) is 5.28 Å². The van der Waals surface area contributed by atoms with Gasteiger partial charge in [0.25, 0.3) is 0 Å². The molecule has 4 rings (SSSR count). The molecule has 0 aliphatic heterocycles. The third-order valence-electron chi connectivity index (χ3n) is 3.86. The molecule has 2 aromatic heterocycles. The third-order valence-corrected chi connectivity index (χ3v) is 4.04. The maximum atomic E-state index is 6.01. The zero-order valence-electron chi connectivity index (χ0n) is 12.4. The van der Waals surface area contributed by atoms with Gasteiger partial charge in [-0.15, -0.1) is 0 Å². The second-order valence-electron chi connectivity index (χ2n) is 5.39. The molecule has 112 valence electrons. The van der Waals surface area contributed by atoms with Gasteiger partial charge in [-0.3, -0.25) is 0 Å². The molecule has 0 unspecified atom stereocenters. The zero-order chi connectivity index (χ0) is 15.6. The lowest BCUT2D eigenvalue weighted by molar-refractivity contribution is 0.831. The van der Waals surface area contributed by atoms with Gasteiger partial charge in [0.2, 0.25) is 5.28 Å². The molecule has 2 heterocycles. The molecule has 2 aromatic carbocycles. The Kier molecular flexibility index (Phi) is 3.56. The fourth-order valence-corrected chi connectivity index (χ4v) is 2.92. The summed E-state index contributed by atoms with van der Waals surface area (Å²) >= 11 is 6.01. The highest BCUT2D eigenvalue weighted by atomic mass is 35.5. The van der Waals surface area contributed by atoms with Gasteiger partial charge < -0.3 is 4.57 Å². The van der Waals surface area contributed by atoms with Crippen LogP contribution in [0.15, 0.2) is 72.9 Å². The molecule has 4 heteroatoms. The first kappa shape index (κ1) is 14.0. The largest absolute Gasteiger partial charge is 0.321 e. The zero-order valence-corrected chi connectivity index (χ0v) is 13.1. The van der Waals surface area contributed by atoms with Gasteiger partial charge in [0, 0.05) is 18.1 Å². The summed E-state index contributed by atoms with van der Waals surface area (Å²) in [6.45, 7) is 0.738. The van der Waals surface area contributed by atoms with Gasteiger partial charge in [0.1, 0.15) is 5.65 Å². The van der Waals surface area contributed by atoms with Crippen molar-refractivity contribution in [3.05, 3.63) is 83.8 Å². The van der Waals surface area contributed by atoms with Gasteiger partial charge >= 0.3 is 0 Å². The predicted octanol–water partition coefficient (Wildman–Crippen LogP) is 4.80. The number of fused-ring (bicyclic) bond motifs is 1. The van der Waals surface area contributed by atoms with E-state index in [1.54, 1.807) is 6.20 Å². The summed E-state index contributed by atoms with van der Waals surface area (Å²) in [4.78, 5) is 8.54. The van der Waals surface area contributed by atoms with E-state index in [4.69, 9.17) is 11.6 Å². The minimum atomic E-state index is 0.268. The summed E-state index contributed by atoms with van der Waals surface area (Å²) in [6.07, 6.45) is 1.78. The third kappa shape index (κ3) is 2.71. The smallest absolute Gasteiger partial charge is 0.224 e. The summed E-state index contributed by atoms with van der Waals surface area (Å²) in [5, 5.41) is 1.26. The van der Waals surface area contributed by atoms with E-state index in [1.807, 2.05) is 36.4 Å². The minimum absolute atomic E-state index is 0.268. The second kappa shape index (κ2) is 5.86. The van der Waals surface area contributed by atoms with Crippen LogP contribution >= 0.6 is 11.6 Å². The summed E-state index contributed by atoms with van der Waals surface area (Å²) < 4.78 is 2.19. The SMILES string of the molecule is Clc1ncc2cc(-c3ccccc3)n(Cc3ccccc3)c2n1. The van der Waals surface area contributed by atoms with E-state index in [2.05, 4.69) is 44.9 Å². The van der Waals surface area contributed by atoms with Crippen molar-refractivity contribution >= 4 is 22.6 Å². The standard InChI is InChI=1S/C19H14ClN3/c20-19-21-12-16-11-17(15-9-5-2-6-10-15)23(18(16)22-19)13-14-7-3-1-4-8-14/h1-12H,13H2. The molecular formula is C19H14ClN3. The second-order valence-corrected chi connectivity index (χ2v) is 5.72. The molecule has 3 nitrogen and oxygen atoms in total. The van der Waals surface area contributed by atoms with Crippen LogP contribution in [0.25, 0.3) is 22.3 Å². The van der Waals surface area contributed by atoms with Gasteiger partial charge in [-0.25, -0.2) is 4.98 Å². The highest BCUT2D eigenvalue weighted by Gasteiger charge is 2.13. The van der Waals surface area contributed by atoms with Crippen molar-refractivity contribution in [2.75, 3.05) is 0 Å². The Balaban J connectivity index is 1.93. The number of hydrogen-bond donors (Lipinski definition) is 0. The first-order valence-electron chi connectivity index (χ1n) is 7.42. The number of benzene rings is 2. The van der Waals surface area contributed by atoms with Crippen molar-refractivity contribution in [2.45, 2.75) is 6.54 Å². The van der Waals surface area contributed by atoms with E-state index in [9.17, 15) is 0 Å². The van der Waals surface area contributed by atoms with Crippen molar-refractivity contribution in [1.82, 2.24) is 14.5 Å². The average molecular weight is 320 g/mol. The lowest BCUT2D eigenvalue weighted by atomic mass is 10.1. The van der Waals surface area contributed by atoms with E-state index in [0.717, 1.165) is 28.8 Å². The van der Waals surface area contributed by atoms with Crippen LogP contribution in [0.5, 0.6) is 0 Å². The summed E-state index contributed by atoms with van der Waals surface area (Å²) in [5.74, 6) is 0. The Labute approximate surface area is 139 Å². The van der Waals surface area contributed by atoms with Gasteiger partial charge in [-0.05, 0) is 28.8 Å². The monoisotopic (exact) mass is 319 g/mol. The molecule has 0 radical (unpaired) electrons. The van der Waals surface area contributed by atoms with E-state index < -0.39 is 0 Å². The molecule has 0 saturated carbocycles. The van der Waals surface area contributed by atoms with Gasteiger partial charge in [0.15, 0.2) is 0 Å². The molecule has 0 N–H and O–H groups in total. The van der Waals surface area contributed by atoms with Crippen LogP contribution in [0.4, 0.5) is 0 Å². The Bertz CT molecular complexity index is 946. The summed E-state index contributed by atoms with van der Waals surface area (Å²) in [6, 6.07) is 22.8. The van der Waals surface area contributed by atoms with Crippen LogP contribution in [0.2, 0.25) is 5.28 Å². The van der Waals surface area contributed by atoms with Crippen molar-refractivity contribution in [3.8, 4) is 11.3 Å². The quantitative estimate of drug-likeness (QED) is 0.508. The molecule has 0 fully saturated rings. The normalized spacial score (nSPS) is 11.0. The molecule has 4 aromatic rings. The van der Waals surface area contributed by atoms with Crippen molar-refractivity contribution in [3.63, 3.8) is 0 Å². The molecule has 23 heavy (non-hydrogen) atoms. The lowest BCUT2D eigenvalue weighted by Crippen LogP contribution is -2.03. The highest BCUT2D eigenvalue weighted by molar-refractivity contribution is 6.28. The van der Waals surface area contributed by atoms with Crippen LogP contribution in [0.1, 0.15) is 5.56 Å². The highest BCUT2D eigenvalue weighted by Crippen LogP contribution is 2.28. The maximum absolute atomic E-state index is 6.01. The van der Waals surface area contributed by atoms with Crippen molar-refractivity contribution < 1.29 is 0 Å². The maximum Gasteiger partial charge on any atom is 0.224 e. The fourth-order valence-electron chi connectivity index (χ4n) is 2.79. The Hall–Kier alpha value is -2.65. The minimum Gasteiger partial charge on any atom is -0.321 e. The van der Waals surface area contributed by atoms with Gasteiger partial charge in [-0.1, -0.05) is 60.7 Å². The number of rotatable bonds is 3. The average Bonchev–Trinajstić information content (AvgIpc) is 2.95. The molecule has 0 spiro atoms. The summed E-state index contributed by atoms with van der Waals surface area (Å²) in [5.41, 5.74) is 4.34. The number of aromatic nitrogens is 3. The van der Waals surface area contributed by atoms with E-state index in [1.165, 1.54) is 5.56 Å². The fraction of sp³-hybridized carbons (Fsp3) is 0.0526. The van der Waals surface area contributed by atoms with Crippen LogP contribution in [-0.2, 0) is 6.54 Å². The number of nitrogens with zero attached hydrogens (tertiary/aromatic N) is 3. The molecule has 0 atom stereocenters. The van der Waals surface area contributed by atoms with Crippen LogP contribution in [0.3, 0.4) is 0 Å². The molecular weight excluding hydrogens is 306 g/mol. The van der Waals surface area contributed by atoms with E-state index in [0.29, 0.717) is 0 Å². The number of halogens is 1. The van der Waals surface area contributed by atoms with Crippen molar-refractivity contribution in [2.24, 2.45) is 0 Å². The Morgan fingerprint density at radius 3 is 2.35 bits per heavy atom. The summed E-state index contributed by atoms with van der Waals surface area (Å²) in [7, 11) is 0. The topological polar surface area (TPSA) is 30.7 Å². The molecule has 0 saturated heterocycles. The first-order valence-corrected chi connectivity index (χ1v) is 7.80. The molecule has 0 aliphatic carbocycles. The molecule has 0 aliphatic rings. The first-order chi connectivity index (χ1) is 11.3. The Morgan fingerprint density at radius 2 is 1.61 bits per heavy atom. The Morgan fingerprint density at radius 1 is 0.913 bits per heavy atom. The van der Waals surface area contributed by atoms with Crippen molar-refractivity contribution in [1.29, 1.82) is 0 Å². The lowest BCUT2D eigenvalue weighted by Gasteiger charge is -2.10. The van der Waals surface area contributed by atoms with Gasteiger partial charge in [0.05, 0.1) is 5.69 Å².